The van der Waals surface area contributed by atoms with Gasteiger partial charge in [-0.15, -0.1) is 0 Å². The number of benzene rings is 2. The fourth-order valence-electron chi connectivity index (χ4n) is 1.80. The van der Waals surface area contributed by atoms with E-state index in [9.17, 15) is 13.6 Å². The van der Waals surface area contributed by atoms with E-state index < -0.39 is 17.5 Å². The number of halogens is 2. The maximum Gasteiger partial charge on any atom is 0.221 e. The minimum atomic E-state index is -0.747. The maximum absolute atomic E-state index is 14.0. The highest BCUT2D eigenvalue weighted by Crippen LogP contribution is 2.36. The van der Waals surface area contributed by atoms with E-state index in [2.05, 4.69) is 5.32 Å². The molecule has 0 aliphatic heterocycles. The molecule has 0 heterocycles. The number of nitrogens with two attached hydrogens (primary N) is 1. The van der Waals surface area contributed by atoms with Crippen molar-refractivity contribution in [1.82, 2.24) is 0 Å². The Hall–Kier alpha value is -2.08. The summed E-state index contributed by atoms with van der Waals surface area (Å²) in [6, 6.07) is 7.44. The van der Waals surface area contributed by atoms with Crippen molar-refractivity contribution < 1.29 is 13.6 Å². The lowest BCUT2D eigenvalue weighted by Gasteiger charge is -2.10. The standard InChI is InChI=1S/C15H14F2N2OS/c1-8-3-4-14(13(18)5-8)21-15-11(16)6-10(7-12(15)17)19-9(2)20/h3-7H,18H2,1-2H3,(H,19,20). The highest BCUT2D eigenvalue weighted by Gasteiger charge is 2.14. The molecular weight excluding hydrogens is 294 g/mol. The van der Waals surface area contributed by atoms with Crippen LogP contribution in [-0.2, 0) is 4.79 Å². The Balaban J connectivity index is 2.34. The molecule has 1 amide bonds. The second-order valence-corrected chi connectivity index (χ2v) is 5.65. The van der Waals surface area contributed by atoms with Gasteiger partial charge in [-0.3, -0.25) is 4.79 Å². The highest BCUT2D eigenvalue weighted by molar-refractivity contribution is 7.99. The van der Waals surface area contributed by atoms with Gasteiger partial charge in [0.05, 0.1) is 4.90 Å². The van der Waals surface area contributed by atoms with Crippen molar-refractivity contribution in [3.8, 4) is 0 Å². The Bertz CT molecular complexity index is 681. The van der Waals surface area contributed by atoms with Crippen LogP contribution in [0.15, 0.2) is 40.1 Å². The summed E-state index contributed by atoms with van der Waals surface area (Å²) in [6.45, 7) is 3.15. The van der Waals surface area contributed by atoms with Crippen LogP contribution in [0.25, 0.3) is 0 Å². The number of nitrogens with one attached hydrogen (secondary N) is 1. The molecule has 6 heteroatoms. The molecule has 0 spiro atoms. The lowest BCUT2D eigenvalue weighted by molar-refractivity contribution is -0.114. The SMILES string of the molecule is CC(=O)Nc1cc(F)c(Sc2ccc(C)cc2N)c(F)c1. The summed E-state index contributed by atoms with van der Waals surface area (Å²) in [6.07, 6.45) is 0. The van der Waals surface area contributed by atoms with Crippen LogP contribution in [0.1, 0.15) is 12.5 Å². The number of hydrogen-bond acceptors (Lipinski definition) is 3. The molecule has 0 saturated carbocycles. The number of nitrogen functional groups attached to an aromatic ring is 1. The van der Waals surface area contributed by atoms with E-state index >= 15 is 0 Å². The normalized spacial score (nSPS) is 10.5. The van der Waals surface area contributed by atoms with Gasteiger partial charge < -0.3 is 11.1 Å². The zero-order chi connectivity index (χ0) is 15.6. The quantitative estimate of drug-likeness (QED) is 0.844. The molecule has 3 N–H and O–H groups in total. The molecule has 0 bridgehead atoms. The Kier molecular flexibility index (Phi) is 4.47. The molecule has 0 aromatic heterocycles. The maximum atomic E-state index is 14.0. The van der Waals surface area contributed by atoms with Crippen molar-refractivity contribution in [3.05, 3.63) is 47.5 Å². The van der Waals surface area contributed by atoms with Crippen molar-refractivity contribution in [1.29, 1.82) is 0 Å². The van der Waals surface area contributed by atoms with E-state index in [0.717, 1.165) is 29.5 Å². The predicted octanol–water partition coefficient (Wildman–Crippen LogP) is 3.97. The van der Waals surface area contributed by atoms with Gasteiger partial charge in [-0.25, -0.2) is 8.78 Å². The third-order valence-electron chi connectivity index (χ3n) is 2.70. The summed E-state index contributed by atoms with van der Waals surface area (Å²) in [5.41, 5.74) is 7.36. The van der Waals surface area contributed by atoms with Crippen molar-refractivity contribution in [2.45, 2.75) is 23.6 Å². The minimum Gasteiger partial charge on any atom is -0.398 e. The summed E-state index contributed by atoms with van der Waals surface area (Å²) < 4.78 is 28.0. The van der Waals surface area contributed by atoms with E-state index in [1.165, 1.54) is 6.92 Å². The summed E-state index contributed by atoms with van der Waals surface area (Å²) in [5, 5.41) is 2.34. The Morgan fingerprint density at radius 3 is 2.33 bits per heavy atom. The summed E-state index contributed by atoms with van der Waals surface area (Å²) >= 11 is 0.916. The molecule has 0 unspecified atom stereocenters. The zero-order valence-electron chi connectivity index (χ0n) is 11.5. The first kappa shape index (κ1) is 15.3. The molecule has 2 aromatic carbocycles. The lowest BCUT2D eigenvalue weighted by Crippen LogP contribution is -2.06. The van der Waals surface area contributed by atoms with E-state index in [-0.39, 0.29) is 10.6 Å². The van der Waals surface area contributed by atoms with Crippen molar-refractivity contribution >= 4 is 29.0 Å². The van der Waals surface area contributed by atoms with Gasteiger partial charge in [0.1, 0.15) is 11.6 Å². The molecule has 110 valence electrons. The van der Waals surface area contributed by atoms with Crippen LogP contribution >= 0.6 is 11.8 Å². The van der Waals surface area contributed by atoms with Gasteiger partial charge in [-0.1, -0.05) is 17.8 Å². The molecule has 0 saturated heterocycles. The minimum absolute atomic E-state index is 0.0822. The summed E-state index contributed by atoms with van der Waals surface area (Å²) in [5.74, 6) is -1.88. The average Bonchev–Trinajstić information content (AvgIpc) is 2.35. The van der Waals surface area contributed by atoms with Gasteiger partial charge in [-0.2, -0.15) is 0 Å². The first-order valence-electron chi connectivity index (χ1n) is 6.17. The molecule has 0 aliphatic carbocycles. The summed E-state index contributed by atoms with van der Waals surface area (Å²) in [4.78, 5) is 11.3. The zero-order valence-corrected chi connectivity index (χ0v) is 12.4. The van der Waals surface area contributed by atoms with E-state index in [1.54, 1.807) is 12.1 Å². The fraction of sp³-hybridized carbons (Fsp3) is 0.133. The first-order chi connectivity index (χ1) is 9.86. The number of aryl methyl sites for hydroxylation is 1. The Morgan fingerprint density at radius 1 is 1.19 bits per heavy atom. The van der Waals surface area contributed by atoms with Gasteiger partial charge >= 0.3 is 0 Å². The third-order valence-corrected chi connectivity index (χ3v) is 3.88. The Morgan fingerprint density at radius 2 is 1.81 bits per heavy atom. The van der Waals surface area contributed by atoms with Crippen LogP contribution in [0.4, 0.5) is 20.2 Å². The molecule has 0 radical (unpaired) electrons. The van der Waals surface area contributed by atoms with Crippen LogP contribution in [0.5, 0.6) is 0 Å². The fourth-order valence-corrected chi connectivity index (χ4v) is 2.65. The van der Waals surface area contributed by atoms with Crippen LogP contribution in [-0.4, -0.2) is 5.91 Å². The van der Waals surface area contributed by atoms with Gasteiger partial charge in [0, 0.05) is 23.2 Å². The first-order valence-corrected chi connectivity index (χ1v) is 6.99. The number of hydrogen-bond donors (Lipinski definition) is 2. The van der Waals surface area contributed by atoms with E-state index in [1.807, 2.05) is 13.0 Å². The number of anilines is 2. The monoisotopic (exact) mass is 308 g/mol. The molecule has 21 heavy (non-hydrogen) atoms. The third kappa shape index (κ3) is 3.72. The molecule has 0 atom stereocenters. The lowest BCUT2D eigenvalue weighted by atomic mass is 10.2. The number of amides is 1. The van der Waals surface area contributed by atoms with Crippen molar-refractivity contribution in [3.63, 3.8) is 0 Å². The van der Waals surface area contributed by atoms with Crippen LogP contribution < -0.4 is 11.1 Å². The van der Waals surface area contributed by atoms with Gasteiger partial charge in [0.2, 0.25) is 5.91 Å². The van der Waals surface area contributed by atoms with Crippen LogP contribution in [0.3, 0.4) is 0 Å². The number of rotatable bonds is 3. The van der Waals surface area contributed by atoms with E-state index in [4.69, 9.17) is 5.73 Å². The molecular formula is C15H14F2N2OS. The van der Waals surface area contributed by atoms with Gasteiger partial charge in [0.25, 0.3) is 0 Å². The molecule has 0 fully saturated rings. The number of carbonyl (C=O) groups excluding carboxylic acids is 1. The number of carbonyl (C=O) groups is 1. The molecule has 0 aliphatic rings. The smallest absolute Gasteiger partial charge is 0.221 e. The van der Waals surface area contributed by atoms with Crippen LogP contribution in [0, 0.1) is 18.6 Å². The van der Waals surface area contributed by atoms with Gasteiger partial charge in [-0.05, 0) is 36.8 Å². The topological polar surface area (TPSA) is 55.1 Å². The Labute approximate surface area is 125 Å². The average molecular weight is 308 g/mol. The van der Waals surface area contributed by atoms with Crippen LogP contribution in [0.2, 0.25) is 0 Å². The molecule has 2 rings (SSSR count). The second-order valence-electron chi connectivity index (χ2n) is 4.59. The van der Waals surface area contributed by atoms with Crippen molar-refractivity contribution in [2.24, 2.45) is 0 Å². The second kappa shape index (κ2) is 6.13. The molecule has 2 aromatic rings. The molecule has 3 nitrogen and oxygen atoms in total. The van der Waals surface area contributed by atoms with E-state index in [0.29, 0.717) is 10.6 Å². The van der Waals surface area contributed by atoms with Crippen molar-refractivity contribution in [2.75, 3.05) is 11.1 Å². The predicted molar refractivity (Wildman–Crippen MR) is 80.4 cm³/mol. The highest BCUT2D eigenvalue weighted by atomic mass is 32.2. The summed E-state index contributed by atoms with van der Waals surface area (Å²) in [7, 11) is 0. The largest absolute Gasteiger partial charge is 0.398 e. The van der Waals surface area contributed by atoms with Gasteiger partial charge in [0.15, 0.2) is 0 Å².